The number of carbonyl (C=O) groups excluding carboxylic acids is 1. The molecule has 1 amide bonds. The van der Waals surface area contributed by atoms with Gasteiger partial charge in [-0.15, -0.1) is 0 Å². The molecule has 0 spiro atoms. The lowest BCUT2D eigenvalue weighted by molar-refractivity contribution is 0.0934. The topological polar surface area (TPSA) is 53.2 Å². The molecule has 0 saturated carbocycles. The van der Waals surface area contributed by atoms with E-state index in [9.17, 15) is 4.79 Å². The molecule has 0 saturated heterocycles. The summed E-state index contributed by atoms with van der Waals surface area (Å²) in [6.07, 6.45) is -1.05. The minimum Gasteiger partial charge on any atom is -0.339 e. The number of amides is 1. The maximum absolute atomic E-state index is 12.4. The summed E-state index contributed by atoms with van der Waals surface area (Å²) in [5.74, 6) is -0.400. The quantitative estimate of drug-likeness (QED) is 0.346. The van der Waals surface area contributed by atoms with Gasteiger partial charge in [-0.2, -0.15) is 0 Å². The Labute approximate surface area is 177 Å². The van der Waals surface area contributed by atoms with Crippen LogP contribution in [0.15, 0.2) is 48.5 Å². The lowest BCUT2D eigenvalue weighted by atomic mass is 10.1. The van der Waals surface area contributed by atoms with E-state index in [-0.39, 0.29) is 5.11 Å². The number of thiocarbonyl (C=S) groups is 1. The monoisotopic (exact) mass is 449 g/mol. The molecule has 2 aromatic carbocycles. The Kier molecular flexibility index (Phi) is 7.38. The molecule has 26 heavy (non-hydrogen) atoms. The summed E-state index contributed by atoms with van der Waals surface area (Å²) in [7, 11) is 0. The van der Waals surface area contributed by atoms with Crippen LogP contribution in [-0.2, 0) is 0 Å². The number of anilines is 1. The molecule has 1 atom stereocenters. The van der Waals surface area contributed by atoms with Crippen LogP contribution >= 0.6 is 58.6 Å². The Balaban J connectivity index is 2.04. The largest absolute Gasteiger partial charge is 0.339 e. The average Bonchev–Trinajstić information content (AvgIpc) is 2.56. The van der Waals surface area contributed by atoms with E-state index in [0.717, 1.165) is 5.56 Å². The van der Waals surface area contributed by atoms with Crippen LogP contribution in [0.2, 0.25) is 5.02 Å². The van der Waals surface area contributed by atoms with Crippen molar-refractivity contribution in [1.29, 1.82) is 0 Å². The summed E-state index contributed by atoms with van der Waals surface area (Å²) in [6, 6.07) is 13.9. The van der Waals surface area contributed by atoms with Crippen LogP contribution in [0.4, 0.5) is 5.69 Å². The maximum atomic E-state index is 12.4. The third-order valence-electron chi connectivity index (χ3n) is 3.29. The van der Waals surface area contributed by atoms with Crippen LogP contribution in [0.25, 0.3) is 0 Å². The van der Waals surface area contributed by atoms with E-state index in [4.69, 9.17) is 58.6 Å². The van der Waals surface area contributed by atoms with Crippen molar-refractivity contribution in [2.75, 3.05) is 5.32 Å². The Morgan fingerprint density at radius 2 is 1.58 bits per heavy atom. The molecule has 3 N–H and O–H groups in total. The van der Waals surface area contributed by atoms with E-state index in [1.165, 1.54) is 0 Å². The Hall–Kier alpha value is -1.24. The molecule has 0 radical (unpaired) electrons. The number of carbonyl (C=O) groups is 1. The molecular formula is C17H15Cl4N3OS. The normalized spacial score (nSPS) is 12.2. The third-order valence-corrected chi connectivity index (χ3v) is 4.42. The minimum atomic E-state index is -1.83. The van der Waals surface area contributed by atoms with Gasteiger partial charge in [-0.05, 0) is 55.5 Å². The van der Waals surface area contributed by atoms with E-state index in [0.29, 0.717) is 16.3 Å². The molecule has 0 aliphatic rings. The fraction of sp³-hybridized carbons (Fsp3) is 0.176. The van der Waals surface area contributed by atoms with Crippen molar-refractivity contribution in [1.82, 2.24) is 10.6 Å². The summed E-state index contributed by atoms with van der Waals surface area (Å²) in [4.78, 5) is 12.4. The first kappa shape index (κ1) is 21.1. The second-order valence-corrected chi connectivity index (χ2v) is 8.63. The third kappa shape index (κ3) is 6.49. The summed E-state index contributed by atoms with van der Waals surface area (Å²) in [5, 5.41) is 9.11. The second-order valence-electron chi connectivity index (χ2n) is 5.42. The van der Waals surface area contributed by atoms with Crippen molar-refractivity contribution in [3.63, 3.8) is 0 Å². The van der Waals surface area contributed by atoms with Crippen LogP contribution in [0, 0.1) is 6.92 Å². The van der Waals surface area contributed by atoms with Crippen molar-refractivity contribution in [3.8, 4) is 0 Å². The Morgan fingerprint density at radius 1 is 1.00 bits per heavy atom. The first-order valence-corrected chi connectivity index (χ1v) is 9.34. The smallest absolute Gasteiger partial charge is 0.252 e. The number of aryl methyl sites for hydroxylation is 1. The lowest BCUT2D eigenvalue weighted by Crippen LogP contribution is -2.56. The van der Waals surface area contributed by atoms with E-state index in [1.807, 2.05) is 19.1 Å². The van der Waals surface area contributed by atoms with Crippen LogP contribution in [0.5, 0.6) is 0 Å². The van der Waals surface area contributed by atoms with E-state index in [2.05, 4.69) is 16.0 Å². The van der Waals surface area contributed by atoms with Gasteiger partial charge < -0.3 is 16.0 Å². The van der Waals surface area contributed by atoms with Crippen molar-refractivity contribution < 1.29 is 4.79 Å². The summed E-state index contributed by atoms with van der Waals surface area (Å²) < 4.78 is -1.83. The highest BCUT2D eigenvalue weighted by atomic mass is 35.6. The SMILES string of the molecule is Cc1ccc(C(=O)N[C@@H](NC(=S)Nc2ccc(Cl)cc2)C(Cl)(Cl)Cl)cc1. The fourth-order valence-electron chi connectivity index (χ4n) is 1.95. The van der Waals surface area contributed by atoms with E-state index < -0.39 is 15.9 Å². The van der Waals surface area contributed by atoms with E-state index in [1.54, 1.807) is 36.4 Å². The van der Waals surface area contributed by atoms with Gasteiger partial charge in [0, 0.05) is 16.3 Å². The van der Waals surface area contributed by atoms with Gasteiger partial charge in [-0.3, -0.25) is 4.79 Å². The predicted molar refractivity (Wildman–Crippen MR) is 114 cm³/mol. The number of nitrogens with one attached hydrogen (secondary N) is 3. The van der Waals surface area contributed by atoms with Gasteiger partial charge in [-0.25, -0.2) is 0 Å². The van der Waals surface area contributed by atoms with Crippen LogP contribution < -0.4 is 16.0 Å². The molecule has 0 aliphatic heterocycles. The molecule has 2 rings (SSSR count). The molecular weight excluding hydrogens is 436 g/mol. The molecule has 0 bridgehead atoms. The first-order valence-electron chi connectivity index (χ1n) is 7.42. The van der Waals surface area contributed by atoms with Gasteiger partial charge in [0.2, 0.25) is 3.79 Å². The Morgan fingerprint density at radius 3 is 2.12 bits per heavy atom. The standard InChI is InChI=1S/C17H15Cl4N3OS/c1-10-2-4-11(5-3-10)14(25)23-15(17(19,20)21)24-16(26)22-13-8-6-12(18)7-9-13/h2-9,15H,1H3,(H,23,25)(H2,22,24,26)/t15-/m0/s1. The van der Waals surface area contributed by atoms with Gasteiger partial charge in [0.05, 0.1) is 0 Å². The van der Waals surface area contributed by atoms with Crippen LogP contribution in [0.1, 0.15) is 15.9 Å². The lowest BCUT2D eigenvalue weighted by Gasteiger charge is -2.27. The molecule has 0 unspecified atom stereocenters. The number of hydrogen-bond donors (Lipinski definition) is 3. The van der Waals surface area contributed by atoms with Crippen LogP contribution in [0.3, 0.4) is 0 Å². The molecule has 9 heteroatoms. The van der Waals surface area contributed by atoms with Gasteiger partial charge in [0.25, 0.3) is 5.91 Å². The summed E-state index contributed by atoms with van der Waals surface area (Å²) >= 11 is 29.0. The zero-order valence-corrected chi connectivity index (χ0v) is 17.4. The van der Waals surface area contributed by atoms with Crippen molar-refractivity contribution in [2.24, 2.45) is 0 Å². The number of benzene rings is 2. The summed E-state index contributed by atoms with van der Waals surface area (Å²) in [6.45, 7) is 1.92. The molecule has 0 aromatic heterocycles. The molecule has 0 fully saturated rings. The van der Waals surface area contributed by atoms with Crippen molar-refractivity contribution in [2.45, 2.75) is 16.9 Å². The second kappa shape index (κ2) is 9.11. The number of hydrogen-bond acceptors (Lipinski definition) is 2. The molecule has 2 aromatic rings. The highest BCUT2D eigenvalue weighted by Crippen LogP contribution is 2.29. The van der Waals surface area contributed by atoms with Crippen molar-refractivity contribution >= 4 is 75.3 Å². The van der Waals surface area contributed by atoms with Crippen molar-refractivity contribution in [3.05, 3.63) is 64.7 Å². The zero-order chi connectivity index (χ0) is 19.3. The molecule has 4 nitrogen and oxygen atoms in total. The first-order chi connectivity index (χ1) is 12.1. The zero-order valence-electron chi connectivity index (χ0n) is 13.5. The predicted octanol–water partition coefficient (Wildman–Crippen LogP) is 5.06. The maximum Gasteiger partial charge on any atom is 0.252 e. The van der Waals surface area contributed by atoms with Gasteiger partial charge in [-0.1, -0.05) is 64.1 Å². The Bertz CT molecular complexity index is 776. The average molecular weight is 451 g/mol. The molecule has 0 aliphatic carbocycles. The fourth-order valence-corrected chi connectivity index (χ4v) is 2.64. The molecule has 138 valence electrons. The molecule has 0 heterocycles. The number of halogens is 4. The van der Waals surface area contributed by atoms with E-state index >= 15 is 0 Å². The highest BCUT2D eigenvalue weighted by Gasteiger charge is 2.34. The highest BCUT2D eigenvalue weighted by molar-refractivity contribution is 7.80. The van der Waals surface area contributed by atoms with Crippen LogP contribution in [-0.4, -0.2) is 21.0 Å². The van der Waals surface area contributed by atoms with Gasteiger partial charge >= 0.3 is 0 Å². The van der Waals surface area contributed by atoms with Gasteiger partial charge in [0.15, 0.2) is 5.11 Å². The number of alkyl halides is 3. The summed E-state index contributed by atoms with van der Waals surface area (Å²) in [5.41, 5.74) is 2.17. The minimum absolute atomic E-state index is 0.174. The van der Waals surface area contributed by atoms with Gasteiger partial charge in [0.1, 0.15) is 6.17 Å². The number of rotatable bonds is 4.